The summed E-state index contributed by atoms with van der Waals surface area (Å²) < 4.78 is 6.79. The molecule has 0 aliphatic rings. The Morgan fingerprint density at radius 1 is 1.22 bits per heavy atom. The zero-order valence-electron chi connectivity index (χ0n) is 14.5. The first-order valence-electron chi connectivity index (χ1n) is 8.44. The number of rotatable bonds is 5. The van der Waals surface area contributed by atoms with Gasteiger partial charge in [0, 0.05) is 29.1 Å². The highest BCUT2D eigenvalue weighted by Gasteiger charge is 2.10. The third-order valence-corrected chi connectivity index (χ3v) is 5.21. The first-order valence-corrected chi connectivity index (χ1v) is 9.64. The van der Waals surface area contributed by atoms with Crippen LogP contribution in [0.4, 0.5) is 5.69 Å². The molecule has 0 aliphatic carbocycles. The summed E-state index contributed by atoms with van der Waals surface area (Å²) in [6, 6.07) is 13.1. The predicted octanol–water partition coefficient (Wildman–Crippen LogP) is 5.48. The second kappa shape index (κ2) is 7.50. The number of hydrogen-bond donors (Lipinski definition) is 1. The molecule has 5 nitrogen and oxygen atoms in total. The van der Waals surface area contributed by atoms with Gasteiger partial charge in [-0.3, -0.25) is 4.79 Å². The molecule has 1 amide bonds. The van der Waals surface area contributed by atoms with E-state index in [1.807, 2.05) is 37.3 Å². The highest BCUT2D eigenvalue weighted by Crippen LogP contribution is 2.25. The van der Waals surface area contributed by atoms with Crippen molar-refractivity contribution in [2.45, 2.75) is 19.8 Å². The monoisotopic (exact) mass is 397 g/mol. The highest BCUT2D eigenvalue weighted by atomic mass is 35.5. The second-order valence-corrected chi connectivity index (χ2v) is 7.76. The van der Waals surface area contributed by atoms with Gasteiger partial charge in [0.2, 0.25) is 5.91 Å². The summed E-state index contributed by atoms with van der Waals surface area (Å²) in [5.74, 6) is 1.11. The molecule has 0 saturated heterocycles. The summed E-state index contributed by atoms with van der Waals surface area (Å²) in [6.07, 6.45) is 2.39. The van der Waals surface area contributed by atoms with Crippen LogP contribution < -0.4 is 5.32 Å². The number of carbonyl (C=O) groups is 1. The maximum atomic E-state index is 12.2. The van der Waals surface area contributed by atoms with E-state index in [0.717, 1.165) is 26.5 Å². The zero-order valence-corrected chi connectivity index (χ0v) is 16.1. The van der Waals surface area contributed by atoms with Gasteiger partial charge in [-0.15, -0.1) is 11.3 Å². The minimum Gasteiger partial charge on any atom is -0.441 e. The van der Waals surface area contributed by atoms with E-state index >= 15 is 0 Å². The van der Waals surface area contributed by atoms with Crippen molar-refractivity contribution in [1.82, 2.24) is 9.97 Å². The van der Waals surface area contributed by atoms with Crippen LogP contribution in [0.3, 0.4) is 0 Å². The van der Waals surface area contributed by atoms with Crippen LogP contribution >= 0.6 is 22.9 Å². The molecular weight excluding hydrogens is 382 g/mol. The standard InChI is InChI=1S/C20H16ClN3O2S/c1-12-23-16-7-6-15(10-18(16)27-12)24-19(25)8-9-20-22-11-17(26-20)13-2-4-14(21)5-3-13/h2-7,10-11H,8-9H2,1H3,(H,24,25). The van der Waals surface area contributed by atoms with Crippen molar-refractivity contribution in [3.63, 3.8) is 0 Å². The number of anilines is 1. The first-order chi connectivity index (χ1) is 13.1. The molecule has 4 rings (SSSR count). The first kappa shape index (κ1) is 17.7. The van der Waals surface area contributed by atoms with Crippen molar-refractivity contribution in [2.75, 3.05) is 5.32 Å². The molecule has 1 N–H and O–H groups in total. The van der Waals surface area contributed by atoms with Gasteiger partial charge in [-0.1, -0.05) is 11.6 Å². The van der Waals surface area contributed by atoms with Gasteiger partial charge in [-0.2, -0.15) is 0 Å². The molecule has 4 aromatic rings. The van der Waals surface area contributed by atoms with Gasteiger partial charge in [-0.25, -0.2) is 9.97 Å². The number of benzene rings is 2. The number of nitrogens with zero attached hydrogens (tertiary/aromatic N) is 2. The summed E-state index contributed by atoms with van der Waals surface area (Å²) in [5.41, 5.74) is 2.62. The summed E-state index contributed by atoms with van der Waals surface area (Å²) in [7, 11) is 0. The van der Waals surface area contributed by atoms with Crippen LogP contribution in [-0.4, -0.2) is 15.9 Å². The van der Waals surface area contributed by atoms with E-state index in [2.05, 4.69) is 15.3 Å². The SMILES string of the molecule is Cc1nc2ccc(NC(=O)CCc3ncc(-c4ccc(Cl)cc4)o3)cc2s1. The normalized spacial score (nSPS) is 11.0. The predicted molar refractivity (Wildman–Crippen MR) is 108 cm³/mol. The van der Waals surface area contributed by atoms with Crippen molar-refractivity contribution in [2.24, 2.45) is 0 Å². The quantitative estimate of drug-likeness (QED) is 0.483. The molecule has 2 aromatic heterocycles. The molecule has 0 unspecified atom stereocenters. The molecule has 0 radical (unpaired) electrons. The molecular formula is C20H16ClN3O2S. The summed E-state index contributed by atoms with van der Waals surface area (Å²) in [4.78, 5) is 20.9. The lowest BCUT2D eigenvalue weighted by atomic mass is 10.2. The smallest absolute Gasteiger partial charge is 0.224 e. The molecule has 7 heteroatoms. The van der Waals surface area contributed by atoms with Crippen LogP contribution in [0, 0.1) is 6.92 Å². The van der Waals surface area contributed by atoms with Gasteiger partial charge < -0.3 is 9.73 Å². The van der Waals surface area contributed by atoms with Gasteiger partial charge in [0.15, 0.2) is 11.7 Å². The Morgan fingerprint density at radius 3 is 2.85 bits per heavy atom. The van der Waals surface area contributed by atoms with Crippen LogP contribution in [0.2, 0.25) is 5.02 Å². The number of aromatic nitrogens is 2. The fourth-order valence-corrected chi connectivity index (χ4v) is 3.73. The van der Waals surface area contributed by atoms with E-state index in [0.29, 0.717) is 29.5 Å². The van der Waals surface area contributed by atoms with Crippen LogP contribution in [0.1, 0.15) is 17.3 Å². The third-order valence-electron chi connectivity index (χ3n) is 4.03. The Hall–Kier alpha value is -2.70. The lowest BCUT2D eigenvalue weighted by molar-refractivity contribution is -0.116. The van der Waals surface area contributed by atoms with E-state index < -0.39 is 0 Å². The molecule has 136 valence electrons. The molecule has 2 aromatic carbocycles. The molecule has 0 atom stereocenters. The van der Waals surface area contributed by atoms with Crippen LogP contribution in [-0.2, 0) is 11.2 Å². The Labute approximate surface area is 165 Å². The fourth-order valence-electron chi connectivity index (χ4n) is 2.73. The van der Waals surface area contributed by atoms with Crippen molar-refractivity contribution >= 4 is 44.7 Å². The van der Waals surface area contributed by atoms with E-state index in [4.69, 9.17) is 16.0 Å². The van der Waals surface area contributed by atoms with Crippen molar-refractivity contribution in [3.8, 4) is 11.3 Å². The molecule has 0 bridgehead atoms. The summed E-state index contributed by atoms with van der Waals surface area (Å²) in [6.45, 7) is 1.97. The Bertz CT molecular complexity index is 1100. The van der Waals surface area contributed by atoms with Crippen LogP contribution in [0.25, 0.3) is 21.5 Å². The number of amides is 1. The van der Waals surface area contributed by atoms with Gasteiger partial charge in [0.05, 0.1) is 21.4 Å². The minimum absolute atomic E-state index is 0.0816. The molecule has 0 aliphatic heterocycles. The maximum absolute atomic E-state index is 12.2. The average molecular weight is 398 g/mol. The summed E-state index contributed by atoms with van der Waals surface area (Å²) >= 11 is 7.50. The number of halogens is 1. The lowest BCUT2D eigenvalue weighted by Crippen LogP contribution is -2.12. The number of aryl methyl sites for hydroxylation is 2. The highest BCUT2D eigenvalue weighted by molar-refractivity contribution is 7.18. The van der Waals surface area contributed by atoms with Crippen LogP contribution in [0.15, 0.2) is 53.1 Å². The Morgan fingerprint density at radius 2 is 2.04 bits per heavy atom. The molecule has 0 saturated carbocycles. The summed E-state index contributed by atoms with van der Waals surface area (Å²) in [5, 5.41) is 4.59. The van der Waals surface area contributed by atoms with E-state index in [9.17, 15) is 4.79 Å². The maximum Gasteiger partial charge on any atom is 0.224 e. The van der Waals surface area contributed by atoms with E-state index in [1.165, 1.54) is 0 Å². The molecule has 0 fully saturated rings. The number of fused-ring (bicyclic) bond motifs is 1. The molecule has 0 spiro atoms. The van der Waals surface area contributed by atoms with Crippen LogP contribution in [0.5, 0.6) is 0 Å². The van der Waals surface area contributed by atoms with E-state index in [-0.39, 0.29) is 5.91 Å². The average Bonchev–Trinajstić information content (AvgIpc) is 3.26. The Balaban J connectivity index is 1.36. The number of oxazole rings is 1. The van der Waals surface area contributed by atoms with Gasteiger partial charge in [0.25, 0.3) is 0 Å². The number of nitrogens with one attached hydrogen (secondary N) is 1. The number of carbonyl (C=O) groups excluding carboxylic acids is 1. The van der Waals surface area contributed by atoms with E-state index in [1.54, 1.807) is 29.7 Å². The number of hydrogen-bond acceptors (Lipinski definition) is 5. The van der Waals surface area contributed by atoms with Gasteiger partial charge in [-0.05, 0) is 49.4 Å². The third kappa shape index (κ3) is 4.18. The topological polar surface area (TPSA) is 68.0 Å². The zero-order chi connectivity index (χ0) is 18.8. The van der Waals surface area contributed by atoms with Crippen molar-refractivity contribution in [3.05, 3.63) is 64.6 Å². The molecule has 27 heavy (non-hydrogen) atoms. The van der Waals surface area contributed by atoms with Gasteiger partial charge >= 0.3 is 0 Å². The largest absolute Gasteiger partial charge is 0.441 e. The Kier molecular flexibility index (Phi) is 4.92. The van der Waals surface area contributed by atoms with Crippen molar-refractivity contribution < 1.29 is 9.21 Å². The van der Waals surface area contributed by atoms with Gasteiger partial charge in [0.1, 0.15) is 0 Å². The fraction of sp³-hybridized carbons (Fsp3) is 0.150. The molecule has 2 heterocycles. The lowest BCUT2D eigenvalue weighted by Gasteiger charge is -2.04. The minimum atomic E-state index is -0.0816. The van der Waals surface area contributed by atoms with Crippen molar-refractivity contribution in [1.29, 1.82) is 0 Å². The second-order valence-electron chi connectivity index (χ2n) is 6.09. The number of thiazole rings is 1.